The Morgan fingerprint density at radius 1 is 1.32 bits per heavy atom. The molecule has 8 nitrogen and oxygen atoms in total. The highest BCUT2D eigenvalue weighted by atomic mass is 35.5. The lowest BCUT2D eigenvalue weighted by Gasteiger charge is -2.36. The molecular formula is C17H21ClN4O4S2. The third-order valence-electron chi connectivity index (χ3n) is 5.32. The van der Waals surface area contributed by atoms with E-state index in [1.165, 1.54) is 10.4 Å². The molecule has 0 atom stereocenters. The molecule has 2 aliphatic heterocycles. The first-order chi connectivity index (χ1) is 13.3. The van der Waals surface area contributed by atoms with Gasteiger partial charge >= 0.3 is 0 Å². The van der Waals surface area contributed by atoms with E-state index < -0.39 is 10.0 Å². The molecule has 2 aromatic rings. The van der Waals surface area contributed by atoms with Crippen molar-refractivity contribution in [3.63, 3.8) is 0 Å². The van der Waals surface area contributed by atoms with E-state index in [9.17, 15) is 13.2 Å². The minimum Gasteiger partial charge on any atom is -0.343 e. The molecule has 2 saturated heterocycles. The third-order valence-corrected chi connectivity index (χ3v) is 8.85. The smallest absolute Gasteiger partial charge is 0.252 e. The summed E-state index contributed by atoms with van der Waals surface area (Å²) in [6.07, 6.45) is 2.23. The van der Waals surface area contributed by atoms with Crippen LogP contribution in [0.2, 0.25) is 4.34 Å². The van der Waals surface area contributed by atoms with Gasteiger partial charge in [-0.25, -0.2) is 8.42 Å². The van der Waals surface area contributed by atoms with Crippen LogP contribution in [0, 0.1) is 5.92 Å². The van der Waals surface area contributed by atoms with Gasteiger partial charge < -0.3 is 9.42 Å². The van der Waals surface area contributed by atoms with Crippen molar-refractivity contribution in [3.8, 4) is 0 Å². The van der Waals surface area contributed by atoms with E-state index in [-0.39, 0.29) is 22.0 Å². The second kappa shape index (κ2) is 7.74. The Morgan fingerprint density at radius 2 is 2.04 bits per heavy atom. The van der Waals surface area contributed by atoms with E-state index >= 15 is 0 Å². The number of hydrogen-bond acceptors (Lipinski definition) is 7. The van der Waals surface area contributed by atoms with Crippen LogP contribution < -0.4 is 0 Å². The fourth-order valence-electron chi connectivity index (χ4n) is 3.63. The van der Waals surface area contributed by atoms with E-state index in [2.05, 4.69) is 10.1 Å². The van der Waals surface area contributed by atoms with Gasteiger partial charge in [0.1, 0.15) is 4.21 Å². The van der Waals surface area contributed by atoms with Crippen molar-refractivity contribution in [1.82, 2.24) is 19.3 Å². The summed E-state index contributed by atoms with van der Waals surface area (Å²) in [4.78, 5) is 17.8. The number of hydrogen-bond donors (Lipinski definition) is 0. The van der Waals surface area contributed by atoms with Gasteiger partial charge in [0.25, 0.3) is 10.0 Å². The van der Waals surface area contributed by atoms with Crippen LogP contribution in [0.1, 0.15) is 37.4 Å². The number of amides is 1. The lowest BCUT2D eigenvalue weighted by molar-refractivity contribution is -0.129. The van der Waals surface area contributed by atoms with E-state index in [1.807, 2.05) is 4.90 Å². The molecule has 2 aliphatic rings. The van der Waals surface area contributed by atoms with Gasteiger partial charge in [0.05, 0.1) is 4.34 Å². The second-order valence-electron chi connectivity index (χ2n) is 7.28. The van der Waals surface area contributed by atoms with Gasteiger partial charge in [-0.3, -0.25) is 4.79 Å². The quantitative estimate of drug-likeness (QED) is 0.702. The molecule has 2 fully saturated rings. The Bertz CT molecular complexity index is 959. The van der Waals surface area contributed by atoms with Gasteiger partial charge in [0.2, 0.25) is 11.8 Å². The van der Waals surface area contributed by atoms with Gasteiger partial charge in [-0.05, 0) is 30.9 Å². The van der Waals surface area contributed by atoms with Gasteiger partial charge in [-0.2, -0.15) is 9.29 Å². The molecule has 4 rings (SSSR count). The number of sulfonamides is 1. The van der Waals surface area contributed by atoms with Crippen molar-refractivity contribution in [3.05, 3.63) is 28.2 Å². The molecule has 28 heavy (non-hydrogen) atoms. The van der Waals surface area contributed by atoms with Gasteiger partial charge in [0.15, 0.2) is 5.82 Å². The molecule has 4 heterocycles. The molecule has 0 aliphatic carbocycles. The molecule has 0 aromatic carbocycles. The molecule has 11 heteroatoms. The number of thiophene rings is 1. The molecule has 0 N–H and O–H groups in total. The van der Waals surface area contributed by atoms with Crippen LogP contribution in [0.5, 0.6) is 0 Å². The van der Waals surface area contributed by atoms with Crippen molar-refractivity contribution in [1.29, 1.82) is 0 Å². The molecule has 0 bridgehead atoms. The van der Waals surface area contributed by atoms with Crippen LogP contribution in [0.3, 0.4) is 0 Å². The summed E-state index contributed by atoms with van der Waals surface area (Å²) >= 11 is 6.92. The second-order valence-corrected chi connectivity index (χ2v) is 11.2. The zero-order valence-electron chi connectivity index (χ0n) is 15.4. The SMILES string of the molecule is CC(=O)N1CCC(c2noc(CC3CN(S(=O)(=O)c4ccc(Cl)s4)C3)n2)CC1. The van der Waals surface area contributed by atoms with Crippen LogP contribution in [0.25, 0.3) is 0 Å². The lowest BCUT2D eigenvalue weighted by atomic mass is 9.96. The molecule has 2 aromatic heterocycles. The van der Waals surface area contributed by atoms with Gasteiger partial charge in [-0.1, -0.05) is 16.8 Å². The lowest BCUT2D eigenvalue weighted by Crippen LogP contribution is -2.50. The van der Waals surface area contributed by atoms with Crippen molar-refractivity contribution in [2.45, 2.75) is 36.3 Å². The minimum absolute atomic E-state index is 0.0987. The fourth-order valence-corrected chi connectivity index (χ4v) is 6.86. The molecule has 0 unspecified atom stereocenters. The van der Waals surface area contributed by atoms with Crippen LogP contribution in [0.15, 0.2) is 20.9 Å². The molecule has 0 radical (unpaired) electrons. The first-order valence-corrected chi connectivity index (χ1v) is 11.8. The van der Waals surface area contributed by atoms with Crippen molar-refractivity contribution >= 4 is 38.9 Å². The topological polar surface area (TPSA) is 96.6 Å². The number of rotatable bonds is 5. The van der Waals surface area contributed by atoms with Gasteiger partial charge in [-0.15, -0.1) is 11.3 Å². The maximum absolute atomic E-state index is 12.5. The van der Waals surface area contributed by atoms with Crippen molar-refractivity contribution < 1.29 is 17.7 Å². The Kier molecular flexibility index (Phi) is 5.47. The molecular weight excluding hydrogens is 424 g/mol. The summed E-state index contributed by atoms with van der Waals surface area (Å²) in [5.41, 5.74) is 0. The largest absolute Gasteiger partial charge is 0.343 e. The molecule has 0 saturated carbocycles. The minimum atomic E-state index is -3.46. The highest BCUT2D eigenvalue weighted by Gasteiger charge is 2.38. The summed E-state index contributed by atoms with van der Waals surface area (Å²) in [6.45, 7) is 3.89. The summed E-state index contributed by atoms with van der Waals surface area (Å²) in [7, 11) is -3.46. The number of carbonyl (C=O) groups is 1. The molecule has 1 amide bonds. The van der Waals surface area contributed by atoms with Crippen LogP contribution in [-0.4, -0.2) is 59.8 Å². The van der Waals surface area contributed by atoms with Crippen LogP contribution in [0.4, 0.5) is 0 Å². The van der Waals surface area contributed by atoms with Gasteiger partial charge in [0, 0.05) is 45.4 Å². The number of nitrogens with zero attached hydrogens (tertiary/aromatic N) is 4. The average Bonchev–Trinajstić information content (AvgIpc) is 3.27. The fraction of sp³-hybridized carbons (Fsp3) is 0.588. The first kappa shape index (κ1) is 19.8. The Labute approximate surface area is 172 Å². The Balaban J connectivity index is 1.30. The molecule has 152 valence electrons. The number of likely N-dealkylation sites (tertiary alicyclic amines) is 1. The Hall–Kier alpha value is -1.49. The van der Waals surface area contributed by atoms with E-state index in [0.29, 0.717) is 48.7 Å². The normalized spacial score (nSPS) is 19.7. The monoisotopic (exact) mass is 444 g/mol. The number of carbonyl (C=O) groups excluding carboxylic acids is 1. The molecule has 0 spiro atoms. The highest BCUT2D eigenvalue weighted by Crippen LogP contribution is 2.33. The zero-order chi connectivity index (χ0) is 19.9. The predicted octanol–water partition coefficient (Wildman–Crippen LogP) is 2.37. The average molecular weight is 445 g/mol. The maximum Gasteiger partial charge on any atom is 0.252 e. The van der Waals surface area contributed by atoms with Crippen LogP contribution >= 0.6 is 22.9 Å². The summed E-state index contributed by atoms with van der Waals surface area (Å²) < 4.78 is 32.6. The summed E-state index contributed by atoms with van der Waals surface area (Å²) in [5.74, 6) is 1.70. The van der Waals surface area contributed by atoms with Crippen molar-refractivity contribution in [2.75, 3.05) is 26.2 Å². The van der Waals surface area contributed by atoms with Crippen molar-refractivity contribution in [2.24, 2.45) is 5.92 Å². The third kappa shape index (κ3) is 3.96. The Morgan fingerprint density at radius 3 is 2.64 bits per heavy atom. The number of halogens is 1. The first-order valence-electron chi connectivity index (χ1n) is 9.16. The number of aromatic nitrogens is 2. The number of piperidine rings is 1. The van der Waals surface area contributed by atoms with E-state index in [0.717, 1.165) is 24.2 Å². The standard InChI is InChI=1S/C17H21ClN4O4S2/c1-11(23)21-6-4-13(5-7-21)17-19-15(26-20-17)8-12-9-22(10-12)28(24,25)16-3-2-14(18)27-16/h2-3,12-13H,4-10H2,1H3. The summed E-state index contributed by atoms with van der Waals surface area (Å²) in [6, 6.07) is 3.13. The summed E-state index contributed by atoms with van der Waals surface area (Å²) in [5, 5.41) is 4.10. The van der Waals surface area contributed by atoms with Crippen LogP contribution in [-0.2, 0) is 21.2 Å². The van der Waals surface area contributed by atoms with E-state index in [1.54, 1.807) is 13.0 Å². The predicted molar refractivity (Wildman–Crippen MR) is 104 cm³/mol. The zero-order valence-corrected chi connectivity index (χ0v) is 17.8. The maximum atomic E-state index is 12.5. The highest BCUT2D eigenvalue weighted by molar-refractivity contribution is 7.91. The van der Waals surface area contributed by atoms with E-state index in [4.69, 9.17) is 16.1 Å².